The van der Waals surface area contributed by atoms with Crippen LogP contribution in [0.5, 0.6) is 0 Å². The van der Waals surface area contributed by atoms with Crippen LogP contribution in [0.15, 0.2) is 60.7 Å². The summed E-state index contributed by atoms with van der Waals surface area (Å²) >= 11 is 6.14. The van der Waals surface area contributed by atoms with Crippen LogP contribution >= 0.6 is 11.6 Å². The van der Waals surface area contributed by atoms with E-state index in [0.717, 1.165) is 30.5 Å². The topological polar surface area (TPSA) is 78.4 Å². The number of carboxylic acids is 1. The van der Waals surface area contributed by atoms with Crippen LogP contribution in [0.1, 0.15) is 38.2 Å². The molecule has 4 rings (SSSR count). The molecule has 1 aliphatic rings. The number of amides is 2. The van der Waals surface area contributed by atoms with Crippen molar-refractivity contribution in [2.24, 2.45) is 0 Å². The fraction of sp³-hybridized carbons (Fsp3) is 0.167. The van der Waals surface area contributed by atoms with E-state index in [1.807, 2.05) is 12.1 Å². The van der Waals surface area contributed by atoms with Gasteiger partial charge in [0.2, 0.25) is 0 Å². The quantitative estimate of drug-likeness (QED) is 0.552. The van der Waals surface area contributed by atoms with E-state index in [1.165, 1.54) is 28.8 Å². The molecule has 5 nitrogen and oxygen atoms in total. The normalized spacial score (nSPS) is 12.3. The molecule has 0 aliphatic heterocycles. The first-order valence-electron chi connectivity index (χ1n) is 9.75. The molecular formula is C24H21ClN2O3. The van der Waals surface area contributed by atoms with Crippen LogP contribution in [0.3, 0.4) is 0 Å². The highest BCUT2D eigenvalue weighted by Crippen LogP contribution is 2.29. The van der Waals surface area contributed by atoms with Gasteiger partial charge in [-0.3, -0.25) is 0 Å². The van der Waals surface area contributed by atoms with E-state index < -0.39 is 5.97 Å². The minimum absolute atomic E-state index is 0.112. The number of rotatable bonds is 4. The summed E-state index contributed by atoms with van der Waals surface area (Å²) in [5, 5.41) is 15.1. The SMILES string of the molecule is O=C(NCc1ccc(C(=O)O)cc1Cl)Nc1cccc2c1CCc1ccccc1C2. The van der Waals surface area contributed by atoms with Crippen LogP contribution in [-0.4, -0.2) is 17.1 Å². The number of aromatic carboxylic acids is 1. The van der Waals surface area contributed by atoms with Gasteiger partial charge in [0.25, 0.3) is 0 Å². The number of halogens is 1. The van der Waals surface area contributed by atoms with Crippen LogP contribution in [0.2, 0.25) is 5.02 Å². The highest BCUT2D eigenvalue weighted by atomic mass is 35.5. The van der Waals surface area contributed by atoms with Gasteiger partial charge in [0.1, 0.15) is 0 Å². The zero-order chi connectivity index (χ0) is 21.1. The molecule has 0 saturated heterocycles. The molecule has 0 spiro atoms. The fourth-order valence-corrected chi connectivity index (χ4v) is 4.06. The summed E-state index contributed by atoms with van der Waals surface area (Å²) in [4.78, 5) is 23.5. The Morgan fingerprint density at radius 2 is 1.70 bits per heavy atom. The van der Waals surface area contributed by atoms with E-state index in [0.29, 0.717) is 10.6 Å². The Balaban J connectivity index is 1.45. The van der Waals surface area contributed by atoms with Gasteiger partial charge in [0.15, 0.2) is 0 Å². The number of carboxylic acid groups (broad SMARTS) is 1. The molecule has 1 aliphatic carbocycles. The largest absolute Gasteiger partial charge is 0.478 e. The lowest BCUT2D eigenvalue weighted by Gasteiger charge is -2.14. The van der Waals surface area contributed by atoms with Gasteiger partial charge >= 0.3 is 12.0 Å². The van der Waals surface area contributed by atoms with E-state index in [2.05, 4.69) is 41.0 Å². The van der Waals surface area contributed by atoms with Crippen molar-refractivity contribution < 1.29 is 14.7 Å². The van der Waals surface area contributed by atoms with E-state index in [-0.39, 0.29) is 18.1 Å². The first kappa shape index (κ1) is 20.0. The molecule has 0 aromatic heterocycles. The number of hydrogen-bond donors (Lipinski definition) is 3. The maximum atomic E-state index is 12.5. The molecule has 0 saturated carbocycles. The highest BCUT2D eigenvalue weighted by Gasteiger charge is 2.17. The van der Waals surface area contributed by atoms with Gasteiger partial charge in [-0.2, -0.15) is 0 Å². The number of carbonyl (C=O) groups is 2. The van der Waals surface area contributed by atoms with Gasteiger partial charge in [-0.15, -0.1) is 0 Å². The van der Waals surface area contributed by atoms with Crippen LogP contribution in [0.25, 0.3) is 0 Å². The van der Waals surface area contributed by atoms with E-state index in [1.54, 1.807) is 6.07 Å². The summed E-state index contributed by atoms with van der Waals surface area (Å²) in [6, 6.07) is 18.6. The lowest BCUT2D eigenvalue weighted by molar-refractivity contribution is 0.0697. The maximum Gasteiger partial charge on any atom is 0.335 e. The standard InChI is InChI=1S/C24H21ClN2O3/c25-21-13-18(23(28)29)8-9-19(21)14-26-24(30)27-22-7-3-6-17-12-16-5-2-1-4-15(16)10-11-20(17)22/h1-9,13H,10-12,14H2,(H,28,29)(H2,26,27,30). The van der Waals surface area contributed by atoms with Crippen molar-refractivity contribution in [2.75, 3.05) is 5.32 Å². The minimum Gasteiger partial charge on any atom is -0.478 e. The molecule has 0 atom stereocenters. The molecule has 3 aromatic rings. The number of aryl methyl sites for hydroxylation is 1. The van der Waals surface area contributed by atoms with Gasteiger partial charge in [-0.05, 0) is 65.3 Å². The first-order valence-corrected chi connectivity index (χ1v) is 10.1. The molecule has 0 radical (unpaired) electrons. The number of nitrogens with one attached hydrogen (secondary N) is 2. The van der Waals surface area contributed by atoms with Crippen LogP contribution in [0.4, 0.5) is 10.5 Å². The molecular weight excluding hydrogens is 400 g/mol. The van der Waals surface area contributed by atoms with Gasteiger partial charge in [-0.1, -0.05) is 54.1 Å². The average Bonchev–Trinajstić information content (AvgIpc) is 2.92. The zero-order valence-corrected chi connectivity index (χ0v) is 17.0. The van der Waals surface area contributed by atoms with Crippen molar-refractivity contribution in [3.05, 3.63) is 99.1 Å². The van der Waals surface area contributed by atoms with Crippen molar-refractivity contribution in [3.8, 4) is 0 Å². The van der Waals surface area contributed by atoms with E-state index >= 15 is 0 Å². The van der Waals surface area contributed by atoms with Gasteiger partial charge in [-0.25, -0.2) is 9.59 Å². The van der Waals surface area contributed by atoms with Crippen molar-refractivity contribution >= 4 is 29.3 Å². The molecule has 0 unspecified atom stereocenters. The molecule has 6 heteroatoms. The second-order valence-electron chi connectivity index (χ2n) is 7.31. The monoisotopic (exact) mass is 420 g/mol. The smallest absolute Gasteiger partial charge is 0.335 e. The predicted octanol–water partition coefficient (Wildman–Crippen LogP) is 5.05. The molecule has 0 fully saturated rings. The highest BCUT2D eigenvalue weighted by molar-refractivity contribution is 6.31. The van der Waals surface area contributed by atoms with Crippen molar-refractivity contribution in [1.82, 2.24) is 5.32 Å². The maximum absolute atomic E-state index is 12.5. The van der Waals surface area contributed by atoms with Crippen molar-refractivity contribution in [3.63, 3.8) is 0 Å². The molecule has 30 heavy (non-hydrogen) atoms. The Morgan fingerprint density at radius 3 is 2.47 bits per heavy atom. The first-order chi connectivity index (χ1) is 14.5. The number of carbonyl (C=O) groups excluding carboxylic acids is 1. The fourth-order valence-electron chi connectivity index (χ4n) is 3.82. The third kappa shape index (κ3) is 4.31. The summed E-state index contributed by atoms with van der Waals surface area (Å²) in [6.07, 6.45) is 2.66. The third-order valence-corrected chi connectivity index (χ3v) is 5.76. The second-order valence-corrected chi connectivity index (χ2v) is 7.71. The average molecular weight is 421 g/mol. The summed E-state index contributed by atoms with van der Waals surface area (Å²) in [6.45, 7) is 0.199. The van der Waals surface area contributed by atoms with Crippen molar-refractivity contribution in [2.45, 2.75) is 25.8 Å². The Hall–Kier alpha value is -3.31. The number of anilines is 1. The van der Waals surface area contributed by atoms with E-state index in [4.69, 9.17) is 16.7 Å². The van der Waals surface area contributed by atoms with Crippen LogP contribution in [0, 0.1) is 0 Å². The molecule has 2 amide bonds. The number of fused-ring (bicyclic) bond motifs is 2. The van der Waals surface area contributed by atoms with Crippen molar-refractivity contribution in [1.29, 1.82) is 0 Å². The molecule has 0 bridgehead atoms. The van der Waals surface area contributed by atoms with Gasteiger partial charge < -0.3 is 15.7 Å². The van der Waals surface area contributed by atoms with Crippen LogP contribution in [-0.2, 0) is 25.8 Å². The lowest BCUT2D eigenvalue weighted by Crippen LogP contribution is -2.29. The minimum atomic E-state index is -1.04. The second kappa shape index (κ2) is 8.59. The Morgan fingerprint density at radius 1 is 0.933 bits per heavy atom. The number of hydrogen-bond acceptors (Lipinski definition) is 2. The zero-order valence-electron chi connectivity index (χ0n) is 16.2. The number of urea groups is 1. The van der Waals surface area contributed by atoms with Crippen LogP contribution < -0.4 is 10.6 Å². The Bertz CT molecular complexity index is 1130. The van der Waals surface area contributed by atoms with Gasteiger partial charge in [0.05, 0.1) is 5.56 Å². The third-order valence-electron chi connectivity index (χ3n) is 5.40. The summed E-state index contributed by atoms with van der Waals surface area (Å²) in [5.74, 6) is -1.04. The predicted molar refractivity (Wildman–Crippen MR) is 117 cm³/mol. The Kier molecular flexibility index (Phi) is 5.72. The Labute approximate surface area is 179 Å². The molecule has 0 heterocycles. The summed E-state index contributed by atoms with van der Waals surface area (Å²) in [7, 11) is 0. The molecule has 152 valence electrons. The molecule has 3 aromatic carbocycles. The van der Waals surface area contributed by atoms with E-state index in [9.17, 15) is 9.59 Å². The summed E-state index contributed by atoms with van der Waals surface area (Å²) < 4.78 is 0. The lowest BCUT2D eigenvalue weighted by atomic mass is 9.99. The molecule has 3 N–H and O–H groups in total. The number of benzene rings is 3. The summed E-state index contributed by atoms with van der Waals surface area (Å²) in [5.41, 5.74) is 6.64. The van der Waals surface area contributed by atoms with Gasteiger partial charge in [0, 0.05) is 17.3 Å².